The summed E-state index contributed by atoms with van der Waals surface area (Å²) in [4.78, 5) is 18.0. The van der Waals surface area contributed by atoms with E-state index in [1.165, 1.54) is 42.5 Å². The van der Waals surface area contributed by atoms with Crippen LogP contribution in [0.3, 0.4) is 0 Å². The smallest absolute Gasteiger partial charge is 0.258 e. The molecule has 1 aromatic carbocycles. The number of carbonyl (C=O) groups is 1. The van der Waals surface area contributed by atoms with Gasteiger partial charge >= 0.3 is 0 Å². The number of hydrogen-bond donors (Lipinski definition) is 2. The third kappa shape index (κ3) is 4.22. The highest BCUT2D eigenvalue weighted by Gasteiger charge is 2.23. The minimum Gasteiger partial charge on any atom is -0.398 e. The molecule has 3 rings (SSSR count). The average molecular weight is 405 g/mol. The van der Waals surface area contributed by atoms with E-state index in [0.717, 1.165) is 12.5 Å². The SMILES string of the molecule is CC1CCC(CNc2cc(Cl)c(-c3ccc(N)c(C(=O)N(C)C)c3F)cn2)C1. The molecule has 5 nitrogen and oxygen atoms in total. The fourth-order valence-electron chi connectivity index (χ4n) is 3.72. The molecule has 0 bridgehead atoms. The van der Waals surface area contributed by atoms with Crippen molar-refractivity contribution in [1.29, 1.82) is 0 Å². The van der Waals surface area contributed by atoms with Crippen LogP contribution in [0.5, 0.6) is 0 Å². The van der Waals surface area contributed by atoms with Gasteiger partial charge in [-0.2, -0.15) is 0 Å². The zero-order chi connectivity index (χ0) is 20.4. The van der Waals surface area contributed by atoms with E-state index in [-0.39, 0.29) is 16.8 Å². The Morgan fingerprint density at radius 3 is 2.71 bits per heavy atom. The summed E-state index contributed by atoms with van der Waals surface area (Å²) < 4.78 is 15.1. The van der Waals surface area contributed by atoms with Crippen LogP contribution in [0.25, 0.3) is 11.1 Å². The van der Waals surface area contributed by atoms with Crippen LogP contribution >= 0.6 is 11.6 Å². The first-order valence-corrected chi connectivity index (χ1v) is 9.85. The molecule has 0 radical (unpaired) electrons. The van der Waals surface area contributed by atoms with Gasteiger partial charge in [0.05, 0.1) is 10.6 Å². The molecular formula is C21H26ClFN4O. The van der Waals surface area contributed by atoms with Crippen LogP contribution < -0.4 is 11.1 Å². The van der Waals surface area contributed by atoms with Gasteiger partial charge in [-0.3, -0.25) is 4.79 Å². The molecule has 2 unspecified atom stereocenters. The molecule has 3 N–H and O–H groups in total. The fraction of sp³-hybridized carbons (Fsp3) is 0.429. The van der Waals surface area contributed by atoms with E-state index < -0.39 is 11.7 Å². The summed E-state index contributed by atoms with van der Waals surface area (Å²) in [5.74, 6) is 0.893. The van der Waals surface area contributed by atoms with Crippen molar-refractivity contribution < 1.29 is 9.18 Å². The third-order valence-electron chi connectivity index (χ3n) is 5.31. The predicted octanol–water partition coefficient (Wildman–Crippen LogP) is 4.67. The number of nitrogen functional groups attached to an aromatic ring is 1. The van der Waals surface area contributed by atoms with E-state index in [9.17, 15) is 4.79 Å². The van der Waals surface area contributed by atoms with Crippen molar-refractivity contribution in [3.8, 4) is 11.1 Å². The molecular weight excluding hydrogens is 379 g/mol. The normalized spacial score (nSPS) is 18.9. The van der Waals surface area contributed by atoms with Gasteiger partial charge in [0.2, 0.25) is 0 Å². The van der Waals surface area contributed by atoms with Gasteiger partial charge in [-0.05, 0) is 42.9 Å². The second-order valence-electron chi connectivity index (χ2n) is 7.81. The molecule has 150 valence electrons. The van der Waals surface area contributed by atoms with E-state index in [1.807, 2.05) is 0 Å². The van der Waals surface area contributed by atoms with E-state index in [0.29, 0.717) is 22.3 Å². The summed E-state index contributed by atoms with van der Waals surface area (Å²) in [5.41, 5.74) is 6.39. The van der Waals surface area contributed by atoms with Gasteiger partial charge in [-0.1, -0.05) is 24.9 Å². The van der Waals surface area contributed by atoms with Crippen LogP contribution in [0.4, 0.5) is 15.9 Å². The molecule has 2 aromatic rings. The first-order chi connectivity index (χ1) is 13.3. The van der Waals surface area contributed by atoms with Crippen molar-refractivity contribution in [2.24, 2.45) is 11.8 Å². The lowest BCUT2D eigenvalue weighted by atomic mass is 10.0. The van der Waals surface area contributed by atoms with Crippen molar-refractivity contribution in [2.45, 2.75) is 26.2 Å². The summed E-state index contributed by atoms with van der Waals surface area (Å²) in [7, 11) is 3.10. The van der Waals surface area contributed by atoms with E-state index in [2.05, 4.69) is 17.2 Å². The fourth-order valence-corrected chi connectivity index (χ4v) is 3.98. The van der Waals surface area contributed by atoms with Crippen LogP contribution in [-0.4, -0.2) is 36.4 Å². The number of aromatic nitrogens is 1. The number of hydrogen-bond acceptors (Lipinski definition) is 4. The van der Waals surface area contributed by atoms with Gasteiger partial charge in [0.1, 0.15) is 11.6 Å². The molecule has 7 heteroatoms. The van der Waals surface area contributed by atoms with Gasteiger partial charge in [-0.15, -0.1) is 0 Å². The number of rotatable bonds is 5. The van der Waals surface area contributed by atoms with Crippen molar-refractivity contribution in [1.82, 2.24) is 9.88 Å². The molecule has 2 atom stereocenters. The second kappa shape index (κ2) is 8.35. The first kappa shape index (κ1) is 20.4. The highest BCUT2D eigenvalue weighted by molar-refractivity contribution is 6.33. The number of amides is 1. The number of anilines is 2. The molecule has 0 aliphatic heterocycles. The Hall–Kier alpha value is -2.34. The number of halogens is 2. The second-order valence-corrected chi connectivity index (χ2v) is 8.21. The molecule has 1 aliphatic carbocycles. The van der Waals surface area contributed by atoms with Crippen molar-refractivity contribution >= 4 is 29.0 Å². The maximum Gasteiger partial charge on any atom is 0.258 e. The monoisotopic (exact) mass is 404 g/mol. The van der Waals surface area contributed by atoms with E-state index in [1.54, 1.807) is 20.2 Å². The van der Waals surface area contributed by atoms with Crippen LogP contribution in [0, 0.1) is 17.7 Å². The Balaban J connectivity index is 1.84. The Morgan fingerprint density at radius 2 is 2.11 bits per heavy atom. The highest BCUT2D eigenvalue weighted by atomic mass is 35.5. The minimum atomic E-state index is -0.692. The number of nitrogens with two attached hydrogens (primary N) is 1. The van der Waals surface area contributed by atoms with Gasteiger partial charge in [0.15, 0.2) is 0 Å². The summed E-state index contributed by atoms with van der Waals surface area (Å²) >= 11 is 6.42. The zero-order valence-corrected chi connectivity index (χ0v) is 17.2. The lowest BCUT2D eigenvalue weighted by Crippen LogP contribution is -2.24. The summed E-state index contributed by atoms with van der Waals surface area (Å²) in [6.45, 7) is 3.13. The molecule has 1 fully saturated rings. The maximum atomic E-state index is 15.1. The lowest BCUT2D eigenvalue weighted by Gasteiger charge is -2.16. The summed E-state index contributed by atoms with van der Waals surface area (Å²) in [6.07, 6.45) is 5.24. The number of carbonyl (C=O) groups excluding carboxylic acids is 1. The molecule has 1 saturated carbocycles. The first-order valence-electron chi connectivity index (χ1n) is 9.47. The van der Waals surface area contributed by atoms with Gasteiger partial charge < -0.3 is 16.0 Å². The number of benzene rings is 1. The Morgan fingerprint density at radius 1 is 1.36 bits per heavy atom. The minimum absolute atomic E-state index is 0.0908. The Kier molecular flexibility index (Phi) is 6.08. The highest BCUT2D eigenvalue weighted by Crippen LogP contribution is 2.35. The molecule has 0 saturated heterocycles. The molecule has 28 heavy (non-hydrogen) atoms. The summed E-state index contributed by atoms with van der Waals surface area (Å²) in [5, 5.41) is 3.69. The lowest BCUT2D eigenvalue weighted by molar-refractivity contribution is 0.0824. The quantitative estimate of drug-likeness (QED) is 0.710. The summed E-state index contributed by atoms with van der Waals surface area (Å²) in [6, 6.07) is 4.73. The molecule has 1 heterocycles. The third-order valence-corrected chi connectivity index (χ3v) is 5.63. The van der Waals surface area contributed by atoms with Gasteiger partial charge in [0.25, 0.3) is 5.91 Å². The Labute approximate surface area is 170 Å². The standard InChI is InChI=1S/C21H26ClFN4O/c1-12-4-5-13(8-12)10-25-18-9-16(22)15(11-26-18)14-6-7-17(24)19(20(14)23)21(28)27(2)3/h6-7,9,11-13H,4-5,8,10,24H2,1-3H3,(H,25,26). The van der Waals surface area contributed by atoms with Crippen LogP contribution in [0.2, 0.25) is 5.02 Å². The molecule has 1 aliphatic rings. The van der Waals surface area contributed by atoms with Crippen LogP contribution in [0.15, 0.2) is 24.4 Å². The van der Waals surface area contributed by atoms with E-state index >= 15 is 4.39 Å². The molecule has 1 amide bonds. The molecule has 1 aromatic heterocycles. The van der Waals surface area contributed by atoms with Gasteiger partial charge in [0, 0.05) is 43.7 Å². The maximum absolute atomic E-state index is 15.1. The predicted molar refractivity (Wildman–Crippen MR) is 112 cm³/mol. The molecule has 0 spiro atoms. The number of pyridine rings is 1. The zero-order valence-electron chi connectivity index (χ0n) is 16.4. The number of nitrogens with zero attached hydrogens (tertiary/aromatic N) is 2. The van der Waals surface area contributed by atoms with Crippen LogP contribution in [0.1, 0.15) is 36.5 Å². The van der Waals surface area contributed by atoms with E-state index in [4.69, 9.17) is 17.3 Å². The largest absolute Gasteiger partial charge is 0.398 e. The van der Waals surface area contributed by atoms with Crippen molar-refractivity contribution in [2.75, 3.05) is 31.7 Å². The van der Waals surface area contributed by atoms with Crippen molar-refractivity contribution in [3.05, 3.63) is 40.8 Å². The topological polar surface area (TPSA) is 71.2 Å². The van der Waals surface area contributed by atoms with Gasteiger partial charge in [-0.25, -0.2) is 9.37 Å². The van der Waals surface area contributed by atoms with Crippen molar-refractivity contribution in [3.63, 3.8) is 0 Å². The number of nitrogens with one attached hydrogen (secondary N) is 1. The van der Waals surface area contributed by atoms with Crippen LogP contribution in [-0.2, 0) is 0 Å². The average Bonchev–Trinajstić information content (AvgIpc) is 3.06. The Bertz CT molecular complexity index is 887.